The number of carbonyl (C=O) groups excluding carboxylic acids is 1. The van der Waals surface area contributed by atoms with Gasteiger partial charge in [0, 0.05) is 6.42 Å². The van der Waals surface area contributed by atoms with Gasteiger partial charge < -0.3 is 16.6 Å². The summed E-state index contributed by atoms with van der Waals surface area (Å²) in [6, 6.07) is 4.73. The predicted molar refractivity (Wildman–Crippen MR) is 68.9 cm³/mol. The molecule has 1 amide bonds. The molecule has 6 nitrogen and oxygen atoms in total. The Kier molecular flexibility index (Phi) is 7.92. The highest BCUT2D eigenvalue weighted by Gasteiger charge is 1.99. The highest BCUT2D eigenvalue weighted by Crippen LogP contribution is 1.98. The minimum absolute atomic E-state index is 0.194. The lowest BCUT2D eigenvalue weighted by molar-refractivity contribution is -0.137. The van der Waals surface area contributed by atoms with Crippen LogP contribution in [0.3, 0.4) is 0 Å². The van der Waals surface area contributed by atoms with Crippen LogP contribution in [0.25, 0.3) is 0 Å². The Balaban J connectivity index is 0.000000331. The molecule has 0 aromatic carbocycles. The number of carbonyl (C=O) groups is 2. The lowest BCUT2D eigenvalue weighted by Crippen LogP contribution is -2.13. The molecule has 100 valence electrons. The lowest BCUT2D eigenvalue weighted by atomic mass is 10.2. The third-order valence-corrected chi connectivity index (χ3v) is 2.02. The number of primary amides is 1. The Morgan fingerprint density at radius 1 is 1.33 bits per heavy atom. The summed E-state index contributed by atoms with van der Waals surface area (Å²) in [5.41, 5.74) is 10.4. The molecule has 1 rings (SSSR count). The molecule has 0 radical (unpaired) electrons. The third-order valence-electron chi connectivity index (χ3n) is 2.02. The van der Waals surface area contributed by atoms with Gasteiger partial charge in [0.1, 0.15) is 11.5 Å². The van der Waals surface area contributed by atoms with E-state index in [1.807, 2.05) is 0 Å². The maximum Gasteiger partial charge on any atom is 0.303 e. The number of hydrogen-bond donors (Lipinski definition) is 3. The first-order valence-electron chi connectivity index (χ1n) is 5.71. The summed E-state index contributed by atoms with van der Waals surface area (Å²) in [4.78, 5) is 24.0. The second-order valence-corrected chi connectivity index (χ2v) is 3.66. The van der Waals surface area contributed by atoms with Gasteiger partial charge in [-0.05, 0) is 18.6 Å². The first-order chi connectivity index (χ1) is 8.47. The van der Waals surface area contributed by atoms with E-state index in [9.17, 15) is 9.59 Å². The molecule has 0 bridgehead atoms. The number of carboxylic acid groups (broad SMARTS) is 1. The van der Waals surface area contributed by atoms with Gasteiger partial charge in [0.15, 0.2) is 0 Å². The number of unbranched alkanes of at least 4 members (excludes halogenated alkanes) is 2. The van der Waals surface area contributed by atoms with Crippen molar-refractivity contribution >= 4 is 17.7 Å². The number of pyridine rings is 1. The van der Waals surface area contributed by atoms with Crippen LogP contribution in [-0.2, 0) is 4.79 Å². The molecule has 0 aliphatic rings. The summed E-state index contributed by atoms with van der Waals surface area (Å²) in [6.07, 6.45) is 3.28. The Bertz CT molecular complexity index is 394. The summed E-state index contributed by atoms with van der Waals surface area (Å²) in [6.45, 7) is 2.06. The van der Waals surface area contributed by atoms with Gasteiger partial charge >= 0.3 is 5.97 Å². The number of aliphatic carboxylic acids is 1. The number of amides is 1. The van der Waals surface area contributed by atoms with Crippen molar-refractivity contribution in [1.29, 1.82) is 0 Å². The third kappa shape index (κ3) is 8.09. The van der Waals surface area contributed by atoms with Gasteiger partial charge in [-0.15, -0.1) is 0 Å². The van der Waals surface area contributed by atoms with Crippen LogP contribution in [-0.4, -0.2) is 22.0 Å². The van der Waals surface area contributed by atoms with E-state index in [0.717, 1.165) is 19.3 Å². The second-order valence-electron chi connectivity index (χ2n) is 3.66. The Morgan fingerprint density at radius 2 is 2.00 bits per heavy atom. The van der Waals surface area contributed by atoms with E-state index in [2.05, 4.69) is 11.9 Å². The molecular weight excluding hydrogens is 234 g/mol. The first-order valence-corrected chi connectivity index (χ1v) is 5.71. The fourth-order valence-electron chi connectivity index (χ4n) is 1.11. The molecule has 18 heavy (non-hydrogen) atoms. The average Bonchev–Trinajstić information content (AvgIpc) is 2.30. The van der Waals surface area contributed by atoms with Gasteiger partial charge in [0.25, 0.3) is 5.91 Å². The monoisotopic (exact) mass is 253 g/mol. The fraction of sp³-hybridized carbons (Fsp3) is 0.417. The molecule has 1 heterocycles. The van der Waals surface area contributed by atoms with Crippen LogP contribution in [0.1, 0.15) is 43.1 Å². The van der Waals surface area contributed by atoms with Crippen molar-refractivity contribution in [2.45, 2.75) is 32.6 Å². The van der Waals surface area contributed by atoms with Crippen molar-refractivity contribution < 1.29 is 14.7 Å². The van der Waals surface area contributed by atoms with E-state index in [-0.39, 0.29) is 5.69 Å². The molecule has 0 atom stereocenters. The fourth-order valence-corrected chi connectivity index (χ4v) is 1.11. The summed E-state index contributed by atoms with van der Waals surface area (Å²) < 4.78 is 0. The SMILES string of the molecule is CCCCCC(=O)O.NC(=O)c1cccc(N)n1. The van der Waals surface area contributed by atoms with Crippen LogP contribution >= 0.6 is 0 Å². The molecule has 0 spiro atoms. The summed E-state index contributed by atoms with van der Waals surface area (Å²) in [7, 11) is 0. The average molecular weight is 253 g/mol. The van der Waals surface area contributed by atoms with Crippen LogP contribution in [0, 0.1) is 0 Å². The van der Waals surface area contributed by atoms with Gasteiger partial charge in [-0.3, -0.25) is 9.59 Å². The summed E-state index contributed by atoms with van der Waals surface area (Å²) in [5, 5.41) is 8.14. The molecule has 0 unspecified atom stereocenters. The maximum atomic E-state index is 10.5. The maximum absolute atomic E-state index is 10.5. The number of carboxylic acids is 1. The molecule has 1 aromatic rings. The van der Waals surface area contributed by atoms with Crippen LogP contribution in [0.4, 0.5) is 5.82 Å². The normalized spacial score (nSPS) is 9.17. The molecular formula is C12H19N3O3. The number of aromatic nitrogens is 1. The zero-order valence-electron chi connectivity index (χ0n) is 10.4. The molecule has 0 saturated heterocycles. The molecule has 0 aliphatic carbocycles. The number of anilines is 1. The Hall–Kier alpha value is -2.11. The minimum atomic E-state index is -0.682. The van der Waals surface area contributed by atoms with E-state index in [0.29, 0.717) is 12.2 Å². The molecule has 6 heteroatoms. The lowest BCUT2D eigenvalue weighted by Gasteiger charge is -1.93. The van der Waals surface area contributed by atoms with Crippen LogP contribution in [0.15, 0.2) is 18.2 Å². The Morgan fingerprint density at radius 3 is 2.39 bits per heavy atom. The quantitative estimate of drug-likeness (QED) is 0.685. The van der Waals surface area contributed by atoms with Crippen molar-refractivity contribution in [2.24, 2.45) is 5.73 Å². The van der Waals surface area contributed by atoms with Crippen molar-refractivity contribution in [2.75, 3.05) is 5.73 Å². The predicted octanol–water partition coefficient (Wildman–Crippen LogP) is 1.41. The van der Waals surface area contributed by atoms with E-state index < -0.39 is 11.9 Å². The standard InChI is InChI=1S/C6H7N3O.C6H12O2/c7-5-3-1-2-4(9-5)6(8)10;1-2-3-4-5-6(7)8/h1-3H,(H2,7,9)(H2,8,10);2-5H2,1H3,(H,7,8). The van der Waals surface area contributed by atoms with E-state index in [4.69, 9.17) is 16.6 Å². The smallest absolute Gasteiger partial charge is 0.303 e. The number of hydrogen-bond acceptors (Lipinski definition) is 4. The summed E-state index contributed by atoms with van der Waals surface area (Å²) >= 11 is 0. The topological polar surface area (TPSA) is 119 Å². The highest BCUT2D eigenvalue weighted by molar-refractivity contribution is 5.90. The summed E-state index contributed by atoms with van der Waals surface area (Å²) in [5.74, 6) is -0.943. The van der Waals surface area contributed by atoms with Crippen molar-refractivity contribution in [3.63, 3.8) is 0 Å². The molecule has 0 fully saturated rings. The largest absolute Gasteiger partial charge is 0.481 e. The van der Waals surface area contributed by atoms with Gasteiger partial charge in [-0.1, -0.05) is 25.8 Å². The van der Waals surface area contributed by atoms with E-state index in [1.54, 1.807) is 12.1 Å². The number of nitrogen functional groups attached to an aromatic ring is 1. The van der Waals surface area contributed by atoms with Gasteiger partial charge in [-0.25, -0.2) is 4.98 Å². The molecule has 0 aliphatic heterocycles. The van der Waals surface area contributed by atoms with Gasteiger partial charge in [0.2, 0.25) is 0 Å². The first kappa shape index (κ1) is 15.9. The van der Waals surface area contributed by atoms with Gasteiger partial charge in [0.05, 0.1) is 0 Å². The molecule has 1 aromatic heterocycles. The zero-order valence-corrected chi connectivity index (χ0v) is 10.4. The van der Waals surface area contributed by atoms with Crippen LogP contribution in [0.2, 0.25) is 0 Å². The van der Waals surface area contributed by atoms with Gasteiger partial charge in [-0.2, -0.15) is 0 Å². The Labute approximate surface area is 106 Å². The van der Waals surface area contributed by atoms with Crippen molar-refractivity contribution in [3.8, 4) is 0 Å². The van der Waals surface area contributed by atoms with E-state index >= 15 is 0 Å². The highest BCUT2D eigenvalue weighted by atomic mass is 16.4. The zero-order chi connectivity index (χ0) is 14.0. The van der Waals surface area contributed by atoms with Crippen LogP contribution < -0.4 is 11.5 Å². The number of rotatable bonds is 5. The van der Waals surface area contributed by atoms with Crippen LogP contribution in [0.5, 0.6) is 0 Å². The minimum Gasteiger partial charge on any atom is -0.481 e. The molecule has 5 N–H and O–H groups in total. The van der Waals surface area contributed by atoms with Crippen molar-refractivity contribution in [3.05, 3.63) is 23.9 Å². The number of nitrogens with zero attached hydrogens (tertiary/aromatic N) is 1. The second kappa shape index (κ2) is 8.98. The van der Waals surface area contributed by atoms with Crippen molar-refractivity contribution in [1.82, 2.24) is 4.98 Å². The van der Waals surface area contributed by atoms with E-state index in [1.165, 1.54) is 6.07 Å². The number of nitrogens with two attached hydrogens (primary N) is 2. The molecule has 0 saturated carbocycles.